The van der Waals surface area contributed by atoms with Crippen LogP contribution in [0, 0.1) is 11.8 Å². The van der Waals surface area contributed by atoms with Crippen LogP contribution in [-0.4, -0.2) is 36.0 Å². The molecule has 0 bridgehead atoms. The van der Waals surface area contributed by atoms with Crippen molar-refractivity contribution < 1.29 is 10.2 Å². The van der Waals surface area contributed by atoms with Crippen LogP contribution in [-0.2, 0) is 0 Å². The Hall–Kier alpha value is -0.120. The highest BCUT2D eigenvalue weighted by Gasteiger charge is 2.17. The fraction of sp³-hybridized carbons (Fsp3) is 1.00. The maximum Gasteiger partial charge on any atom is 0.0894 e. The van der Waals surface area contributed by atoms with E-state index in [1.54, 1.807) is 0 Å². The molecule has 84 valence electrons. The number of hydrogen-bond acceptors (Lipinski definition) is 3. The van der Waals surface area contributed by atoms with Gasteiger partial charge in [-0.15, -0.1) is 0 Å². The van der Waals surface area contributed by atoms with Crippen LogP contribution >= 0.6 is 0 Å². The third-order valence-corrected chi connectivity index (χ3v) is 3.16. The maximum atomic E-state index is 9.12. The number of hydrogen-bond donors (Lipinski definition) is 3. The van der Waals surface area contributed by atoms with Gasteiger partial charge in [-0.05, 0) is 31.2 Å². The fourth-order valence-corrected chi connectivity index (χ4v) is 2.05. The van der Waals surface area contributed by atoms with Crippen LogP contribution < -0.4 is 5.32 Å². The molecule has 1 rings (SSSR count). The summed E-state index contributed by atoms with van der Waals surface area (Å²) in [5.74, 6) is 1.67. The lowest BCUT2D eigenvalue weighted by Crippen LogP contribution is -2.33. The Morgan fingerprint density at radius 2 is 1.93 bits per heavy atom. The molecule has 0 spiro atoms. The van der Waals surface area contributed by atoms with Crippen LogP contribution in [0.2, 0.25) is 0 Å². The molecule has 3 N–H and O–H groups in total. The molecule has 0 amide bonds. The van der Waals surface area contributed by atoms with E-state index in [4.69, 9.17) is 10.2 Å². The maximum absolute atomic E-state index is 9.12. The van der Waals surface area contributed by atoms with Crippen molar-refractivity contribution in [3.63, 3.8) is 0 Å². The van der Waals surface area contributed by atoms with Gasteiger partial charge in [-0.2, -0.15) is 0 Å². The van der Waals surface area contributed by atoms with E-state index < -0.39 is 6.10 Å². The SMILES string of the molecule is CC1CCC(CNCC(O)CO)CC1. The predicted octanol–water partition coefficient (Wildman–Crippen LogP) is 0.755. The zero-order valence-corrected chi connectivity index (χ0v) is 9.08. The highest BCUT2D eigenvalue weighted by Crippen LogP contribution is 2.27. The average molecular weight is 201 g/mol. The summed E-state index contributed by atoms with van der Waals surface area (Å²) in [6.45, 7) is 3.68. The van der Waals surface area contributed by atoms with Crippen molar-refractivity contribution in [3.8, 4) is 0 Å². The first-order chi connectivity index (χ1) is 6.72. The minimum atomic E-state index is -0.600. The van der Waals surface area contributed by atoms with Gasteiger partial charge in [0.1, 0.15) is 0 Å². The van der Waals surface area contributed by atoms with Gasteiger partial charge in [0.25, 0.3) is 0 Å². The molecule has 0 radical (unpaired) electrons. The lowest BCUT2D eigenvalue weighted by atomic mass is 9.83. The molecule has 0 aromatic carbocycles. The van der Waals surface area contributed by atoms with E-state index in [1.807, 2.05) is 0 Å². The average Bonchev–Trinajstić information content (AvgIpc) is 2.21. The van der Waals surface area contributed by atoms with Crippen LogP contribution in [0.1, 0.15) is 32.6 Å². The molecule has 0 aromatic heterocycles. The summed E-state index contributed by atoms with van der Waals surface area (Å²) in [5.41, 5.74) is 0. The quantitative estimate of drug-likeness (QED) is 0.615. The van der Waals surface area contributed by atoms with Gasteiger partial charge in [0, 0.05) is 6.54 Å². The second kappa shape index (κ2) is 6.38. The molecule has 0 saturated heterocycles. The van der Waals surface area contributed by atoms with Crippen molar-refractivity contribution in [2.45, 2.75) is 38.7 Å². The van der Waals surface area contributed by atoms with Gasteiger partial charge >= 0.3 is 0 Å². The summed E-state index contributed by atoms with van der Waals surface area (Å²) in [6, 6.07) is 0. The first-order valence-corrected chi connectivity index (χ1v) is 5.72. The normalized spacial score (nSPS) is 30.2. The van der Waals surface area contributed by atoms with Gasteiger partial charge in [-0.3, -0.25) is 0 Å². The summed E-state index contributed by atoms with van der Waals surface area (Å²) in [4.78, 5) is 0. The summed E-state index contributed by atoms with van der Waals surface area (Å²) in [7, 11) is 0. The predicted molar refractivity (Wildman–Crippen MR) is 57.1 cm³/mol. The molecule has 1 fully saturated rings. The molecule has 1 atom stereocenters. The van der Waals surface area contributed by atoms with Gasteiger partial charge in [0.05, 0.1) is 12.7 Å². The van der Waals surface area contributed by atoms with E-state index >= 15 is 0 Å². The van der Waals surface area contributed by atoms with Crippen molar-refractivity contribution in [2.24, 2.45) is 11.8 Å². The Labute approximate surface area is 86.5 Å². The first kappa shape index (κ1) is 12.0. The third-order valence-electron chi connectivity index (χ3n) is 3.16. The molecule has 14 heavy (non-hydrogen) atoms. The molecule has 3 heteroatoms. The Morgan fingerprint density at radius 3 is 2.50 bits per heavy atom. The van der Waals surface area contributed by atoms with E-state index in [2.05, 4.69) is 12.2 Å². The van der Waals surface area contributed by atoms with Gasteiger partial charge in [-0.1, -0.05) is 19.8 Å². The molecule has 1 aliphatic rings. The van der Waals surface area contributed by atoms with E-state index in [9.17, 15) is 0 Å². The Bertz CT molecular complexity index is 144. The monoisotopic (exact) mass is 201 g/mol. The van der Waals surface area contributed by atoms with E-state index in [0.29, 0.717) is 6.54 Å². The number of aliphatic hydroxyl groups is 2. The molecule has 0 aliphatic heterocycles. The van der Waals surface area contributed by atoms with Crippen molar-refractivity contribution in [3.05, 3.63) is 0 Å². The van der Waals surface area contributed by atoms with Crippen molar-refractivity contribution in [2.75, 3.05) is 19.7 Å². The number of aliphatic hydroxyl groups excluding tert-OH is 2. The molecule has 0 aromatic rings. The summed E-state index contributed by atoms with van der Waals surface area (Å²) < 4.78 is 0. The Morgan fingerprint density at radius 1 is 1.29 bits per heavy atom. The number of rotatable bonds is 5. The standard InChI is InChI=1S/C11H23NO2/c1-9-2-4-10(5-3-9)6-12-7-11(14)8-13/h9-14H,2-8H2,1H3. The largest absolute Gasteiger partial charge is 0.394 e. The zero-order valence-electron chi connectivity index (χ0n) is 9.08. The van der Waals surface area contributed by atoms with Crippen LogP contribution in [0.4, 0.5) is 0 Å². The van der Waals surface area contributed by atoms with Crippen LogP contribution in [0.25, 0.3) is 0 Å². The van der Waals surface area contributed by atoms with E-state index in [-0.39, 0.29) is 6.61 Å². The summed E-state index contributed by atoms with van der Waals surface area (Å²) in [6.07, 6.45) is 4.70. The molecular formula is C11H23NO2. The van der Waals surface area contributed by atoms with Crippen molar-refractivity contribution in [1.29, 1.82) is 0 Å². The van der Waals surface area contributed by atoms with Crippen LogP contribution in [0.3, 0.4) is 0 Å². The zero-order chi connectivity index (χ0) is 10.4. The lowest BCUT2D eigenvalue weighted by molar-refractivity contribution is 0.0928. The second-order valence-electron chi connectivity index (χ2n) is 4.62. The second-order valence-corrected chi connectivity index (χ2v) is 4.62. The van der Waals surface area contributed by atoms with E-state index in [1.165, 1.54) is 25.7 Å². The third kappa shape index (κ3) is 4.40. The molecule has 0 heterocycles. The van der Waals surface area contributed by atoms with Gasteiger partial charge in [0.2, 0.25) is 0 Å². The molecule has 1 saturated carbocycles. The van der Waals surface area contributed by atoms with Crippen LogP contribution in [0.5, 0.6) is 0 Å². The molecule has 1 aliphatic carbocycles. The van der Waals surface area contributed by atoms with Gasteiger partial charge < -0.3 is 15.5 Å². The fourth-order valence-electron chi connectivity index (χ4n) is 2.05. The number of nitrogens with one attached hydrogen (secondary N) is 1. The van der Waals surface area contributed by atoms with E-state index in [0.717, 1.165) is 18.4 Å². The molecule has 3 nitrogen and oxygen atoms in total. The molecule has 1 unspecified atom stereocenters. The van der Waals surface area contributed by atoms with Crippen LogP contribution in [0.15, 0.2) is 0 Å². The Kier molecular flexibility index (Phi) is 5.45. The lowest BCUT2D eigenvalue weighted by Gasteiger charge is -2.26. The summed E-state index contributed by atoms with van der Waals surface area (Å²) >= 11 is 0. The topological polar surface area (TPSA) is 52.5 Å². The minimum absolute atomic E-state index is 0.144. The van der Waals surface area contributed by atoms with Gasteiger partial charge in [-0.25, -0.2) is 0 Å². The summed E-state index contributed by atoms with van der Waals surface area (Å²) in [5, 5.41) is 20.9. The smallest absolute Gasteiger partial charge is 0.0894 e. The molecular weight excluding hydrogens is 178 g/mol. The van der Waals surface area contributed by atoms with Crippen molar-refractivity contribution in [1.82, 2.24) is 5.32 Å². The van der Waals surface area contributed by atoms with Gasteiger partial charge in [0.15, 0.2) is 0 Å². The van der Waals surface area contributed by atoms with Crippen molar-refractivity contribution >= 4 is 0 Å². The first-order valence-electron chi connectivity index (χ1n) is 5.72. The minimum Gasteiger partial charge on any atom is -0.394 e. The highest BCUT2D eigenvalue weighted by molar-refractivity contribution is 4.72. The highest BCUT2D eigenvalue weighted by atomic mass is 16.3. The Balaban J connectivity index is 2.02.